The molecule has 0 rings (SSSR count). The fourth-order valence-corrected chi connectivity index (χ4v) is 2.93. The Morgan fingerprint density at radius 2 is 1.15 bits per heavy atom. The minimum atomic E-state index is -1.71. The molecule has 0 saturated carbocycles. The zero-order valence-electron chi connectivity index (χ0n) is 19.3. The second-order valence-corrected chi connectivity index (χ2v) is 8.66. The molecule has 0 aliphatic heterocycles. The van der Waals surface area contributed by atoms with Crippen molar-refractivity contribution in [1.82, 2.24) is 16.0 Å². The summed E-state index contributed by atoms with van der Waals surface area (Å²) in [5.74, 6) is -6.47. The van der Waals surface area contributed by atoms with Crippen molar-refractivity contribution in [2.75, 3.05) is 0 Å². The molecule has 0 heterocycles. The minimum Gasteiger partial charge on any atom is -0.481 e. The molecule has 0 aliphatic carbocycles. The van der Waals surface area contributed by atoms with Crippen molar-refractivity contribution in [3.8, 4) is 0 Å². The number of hydrogen-bond acceptors (Lipinski definition) is 7. The number of nitrogens with one attached hydrogen (secondary N) is 3. The van der Waals surface area contributed by atoms with E-state index in [-0.39, 0.29) is 18.3 Å². The lowest BCUT2D eigenvalue weighted by molar-refractivity contribution is -0.144. The number of carbonyl (C=O) groups excluding carboxylic acids is 4. The van der Waals surface area contributed by atoms with Gasteiger partial charge in [0.05, 0.1) is 18.9 Å². The minimum absolute atomic E-state index is 0.0546. The summed E-state index contributed by atoms with van der Waals surface area (Å²) in [5.41, 5.74) is 10.8. The average Bonchev–Trinajstić information content (AvgIpc) is 2.64. The SMILES string of the molecule is CC(C)CC(N)C(=O)NC(CC(C)C)C(=O)NC(CC(=O)O)C(=O)NC(CC(N)=O)C(=O)O. The third-order valence-corrected chi connectivity index (χ3v) is 4.43. The van der Waals surface area contributed by atoms with Crippen LogP contribution in [-0.4, -0.2) is 69.9 Å². The van der Waals surface area contributed by atoms with Gasteiger partial charge in [-0.05, 0) is 24.7 Å². The lowest BCUT2D eigenvalue weighted by atomic mass is 10.00. The van der Waals surface area contributed by atoms with Crippen LogP contribution in [0.4, 0.5) is 0 Å². The molecule has 33 heavy (non-hydrogen) atoms. The van der Waals surface area contributed by atoms with Gasteiger partial charge in [0.2, 0.25) is 23.6 Å². The van der Waals surface area contributed by atoms with Crippen molar-refractivity contribution in [1.29, 1.82) is 0 Å². The molecule has 0 aromatic rings. The maximum Gasteiger partial charge on any atom is 0.326 e. The molecule has 4 amide bonds. The maximum absolute atomic E-state index is 12.8. The Morgan fingerprint density at radius 1 is 0.697 bits per heavy atom. The molecule has 0 spiro atoms. The lowest BCUT2D eigenvalue weighted by Gasteiger charge is -2.25. The van der Waals surface area contributed by atoms with Gasteiger partial charge in [-0.1, -0.05) is 27.7 Å². The van der Waals surface area contributed by atoms with Gasteiger partial charge in [-0.25, -0.2) is 4.79 Å². The van der Waals surface area contributed by atoms with Gasteiger partial charge >= 0.3 is 11.9 Å². The van der Waals surface area contributed by atoms with Crippen LogP contribution in [0.15, 0.2) is 0 Å². The molecule has 0 saturated heterocycles. The van der Waals surface area contributed by atoms with Gasteiger partial charge in [0, 0.05) is 0 Å². The molecule has 0 radical (unpaired) electrons. The predicted molar refractivity (Wildman–Crippen MR) is 116 cm³/mol. The molecule has 0 aliphatic rings. The standard InChI is InChI=1S/C20H35N5O8/c1-9(2)5-11(21)17(29)23-12(6-10(3)4)18(30)24-13(8-16(27)28)19(31)25-14(20(32)33)7-15(22)26/h9-14H,5-8,21H2,1-4H3,(H2,22,26)(H,23,29)(H,24,30)(H,25,31)(H,27,28)(H,32,33). The third kappa shape index (κ3) is 12.4. The van der Waals surface area contributed by atoms with Crippen LogP contribution in [0.5, 0.6) is 0 Å². The molecule has 0 fully saturated rings. The Morgan fingerprint density at radius 3 is 1.58 bits per heavy atom. The highest BCUT2D eigenvalue weighted by Crippen LogP contribution is 2.09. The Labute approximate surface area is 192 Å². The van der Waals surface area contributed by atoms with E-state index in [1.54, 1.807) is 13.8 Å². The number of rotatable bonds is 15. The third-order valence-electron chi connectivity index (χ3n) is 4.43. The van der Waals surface area contributed by atoms with Gasteiger partial charge in [-0.2, -0.15) is 0 Å². The van der Waals surface area contributed by atoms with Crippen LogP contribution in [0.3, 0.4) is 0 Å². The van der Waals surface area contributed by atoms with Gasteiger partial charge in [0.1, 0.15) is 18.1 Å². The van der Waals surface area contributed by atoms with E-state index < -0.39 is 72.6 Å². The van der Waals surface area contributed by atoms with Crippen molar-refractivity contribution >= 4 is 35.6 Å². The number of carboxylic acids is 2. The first-order valence-corrected chi connectivity index (χ1v) is 10.5. The normalized spacial score (nSPS) is 14.6. The van der Waals surface area contributed by atoms with E-state index >= 15 is 0 Å². The molecule has 13 heteroatoms. The largest absolute Gasteiger partial charge is 0.481 e. The van der Waals surface area contributed by atoms with Crippen LogP contribution in [-0.2, 0) is 28.8 Å². The number of aliphatic carboxylic acids is 2. The smallest absolute Gasteiger partial charge is 0.326 e. The Kier molecular flexibility index (Phi) is 12.7. The first-order valence-electron chi connectivity index (χ1n) is 10.5. The summed E-state index contributed by atoms with van der Waals surface area (Å²) in [7, 11) is 0. The van der Waals surface area contributed by atoms with Crippen molar-refractivity contribution < 1.29 is 39.0 Å². The van der Waals surface area contributed by atoms with Crippen molar-refractivity contribution in [2.24, 2.45) is 23.3 Å². The van der Waals surface area contributed by atoms with Gasteiger partial charge in [0.25, 0.3) is 0 Å². The van der Waals surface area contributed by atoms with Crippen LogP contribution in [0.2, 0.25) is 0 Å². The Balaban J connectivity index is 5.54. The number of nitrogens with two attached hydrogens (primary N) is 2. The zero-order chi connectivity index (χ0) is 25.9. The number of carbonyl (C=O) groups is 6. The average molecular weight is 474 g/mol. The second-order valence-electron chi connectivity index (χ2n) is 8.66. The summed E-state index contributed by atoms with van der Waals surface area (Å²) >= 11 is 0. The topological polar surface area (TPSA) is 231 Å². The molecule has 0 bridgehead atoms. The van der Waals surface area contributed by atoms with Crippen LogP contribution < -0.4 is 27.4 Å². The summed E-state index contributed by atoms with van der Waals surface area (Å²) in [6.45, 7) is 7.35. The lowest BCUT2D eigenvalue weighted by Crippen LogP contribution is -2.58. The van der Waals surface area contributed by atoms with Crippen LogP contribution in [0, 0.1) is 11.8 Å². The summed E-state index contributed by atoms with van der Waals surface area (Å²) in [6.07, 6.45) is -1.04. The van der Waals surface area contributed by atoms with E-state index in [0.717, 1.165) is 0 Å². The summed E-state index contributed by atoms with van der Waals surface area (Å²) in [6, 6.07) is -5.35. The van der Waals surface area contributed by atoms with Crippen molar-refractivity contribution in [2.45, 2.75) is 77.5 Å². The number of amides is 4. The summed E-state index contributed by atoms with van der Waals surface area (Å²) < 4.78 is 0. The molecule has 0 aromatic heterocycles. The van der Waals surface area contributed by atoms with Gasteiger partial charge in [0.15, 0.2) is 0 Å². The van der Waals surface area contributed by atoms with E-state index in [0.29, 0.717) is 6.42 Å². The number of primary amides is 1. The molecule has 9 N–H and O–H groups in total. The molecular formula is C20H35N5O8. The van der Waals surface area contributed by atoms with Gasteiger partial charge in [-0.15, -0.1) is 0 Å². The fourth-order valence-electron chi connectivity index (χ4n) is 2.93. The van der Waals surface area contributed by atoms with Gasteiger partial charge < -0.3 is 37.6 Å². The van der Waals surface area contributed by atoms with E-state index in [1.165, 1.54) is 0 Å². The summed E-state index contributed by atoms with van der Waals surface area (Å²) in [4.78, 5) is 71.2. The first-order chi connectivity index (χ1) is 15.1. The zero-order valence-corrected chi connectivity index (χ0v) is 19.3. The summed E-state index contributed by atoms with van der Waals surface area (Å²) in [5, 5.41) is 25.0. The molecule has 4 unspecified atom stereocenters. The van der Waals surface area contributed by atoms with E-state index in [1.807, 2.05) is 19.2 Å². The Hall–Kier alpha value is -3.22. The van der Waals surface area contributed by atoms with Crippen LogP contribution in [0.25, 0.3) is 0 Å². The number of hydrogen-bond donors (Lipinski definition) is 7. The quantitative estimate of drug-likeness (QED) is 0.143. The fraction of sp³-hybridized carbons (Fsp3) is 0.700. The van der Waals surface area contributed by atoms with E-state index in [4.69, 9.17) is 21.7 Å². The van der Waals surface area contributed by atoms with Crippen molar-refractivity contribution in [3.63, 3.8) is 0 Å². The van der Waals surface area contributed by atoms with Crippen LogP contribution >= 0.6 is 0 Å². The molecule has 4 atom stereocenters. The van der Waals surface area contributed by atoms with Crippen molar-refractivity contribution in [3.05, 3.63) is 0 Å². The monoisotopic (exact) mass is 473 g/mol. The predicted octanol–water partition coefficient (Wildman–Crippen LogP) is -1.70. The Bertz CT molecular complexity index is 740. The first kappa shape index (κ1) is 29.8. The highest BCUT2D eigenvalue weighted by Gasteiger charge is 2.32. The highest BCUT2D eigenvalue weighted by molar-refractivity contribution is 5.96. The van der Waals surface area contributed by atoms with E-state index in [2.05, 4.69) is 10.6 Å². The highest BCUT2D eigenvalue weighted by atomic mass is 16.4. The van der Waals surface area contributed by atoms with Gasteiger partial charge in [-0.3, -0.25) is 24.0 Å². The van der Waals surface area contributed by atoms with E-state index in [9.17, 15) is 28.8 Å². The second kappa shape index (κ2) is 14.0. The molecule has 0 aromatic carbocycles. The molecule has 188 valence electrons. The molecule has 13 nitrogen and oxygen atoms in total. The molecular weight excluding hydrogens is 438 g/mol. The number of carboxylic acid groups (broad SMARTS) is 2. The van der Waals surface area contributed by atoms with Crippen LogP contribution in [0.1, 0.15) is 53.4 Å². The maximum atomic E-state index is 12.8.